The maximum atomic E-state index is 13.0. The highest BCUT2D eigenvalue weighted by Gasteiger charge is 2.33. The van der Waals surface area contributed by atoms with Gasteiger partial charge in [0.15, 0.2) is 0 Å². The molecule has 8 heteroatoms. The van der Waals surface area contributed by atoms with Crippen molar-refractivity contribution in [1.29, 1.82) is 0 Å². The van der Waals surface area contributed by atoms with Crippen molar-refractivity contribution in [3.63, 3.8) is 0 Å². The van der Waals surface area contributed by atoms with E-state index in [9.17, 15) is 17.6 Å². The summed E-state index contributed by atoms with van der Waals surface area (Å²) >= 11 is 0. The molecule has 1 aliphatic heterocycles. The summed E-state index contributed by atoms with van der Waals surface area (Å²) in [5.41, 5.74) is 2.81. The first-order chi connectivity index (χ1) is 12.7. The van der Waals surface area contributed by atoms with Crippen LogP contribution in [0.4, 0.5) is 14.9 Å². The summed E-state index contributed by atoms with van der Waals surface area (Å²) < 4.78 is 46.2. The standard InChI is InChI=1S/C19H21FN2O4S/c1-12-8-13(2)18(14(3)9-12)27(24,25)21-10-17-11-22(19(23)26-17)16-6-4-15(20)5-7-16/h4-9,17,21H,10-11H2,1-3H3/t17-/m1/s1. The lowest BCUT2D eigenvalue weighted by atomic mass is 10.1. The van der Waals surface area contributed by atoms with E-state index in [0.29, 0.717) is 16.8 Å². The van der Waals surface area contributed by atoms with Crippen LogP contribution in [0.5, 0.6) is 0 Å². The molecule has 27 heavy (non-hydrogen) atoms. The van der Waals surface area contributed by atoms with E-state index < -0.39 is 28.0 Å². The predicted octanol–water partition coefficient (Wildman–Crippen LogP) is 3.05. The second-order valence-corrected chi connectivity index (χ2v) is 8.38. The van der Waals surface area contributed by atoms with Crippen LogP contribution >= 0.6 is 0 Å². The van der Waals surface area contributed by atoms with Gasteiger partial charge in [0, 0.05) is 12.2 Å². The van der Waals surface area contributed by atoms with Crippen LogP contribution in [0.25, 0.3) is 0 Å². The SMILES string of the molecule is Cc1cc(C)c(S(=O)(=O)NC[C@@H]2CN(c3ccc(F)cc3)C(=O)O2)c(C)c1. The van der Waals surface area contributed by atoms with Crippen molar-refractivity contribution in [2.24, 2.45) is 0 Å². The summed E-state index contributed by atoms with van der Waals surface area (Å²) in [5, 5.41) is 0. The van der Waals surface area contributed by atoms with Gasteiger partial charge in [-0.15, -0.1) is 0 Å². The number of benzene rings is 2. The fourth-order valence-corrected chi connectivity index (χ4v) is 4.84. The Kier molecular flexibility index (Phi) is 5.21. The maximum Gasteiger partial charge on any atom is 0.414 e. The van der Waals surface area contributed by atoms with Gasteiger partial charge < -0.3 is 4.74 Å². The molecule has 0 aliphatic carbocycles. The van der Waals surface area contributed by atoms with Gasteiger partial charge >= 0.3 is 6.09 Å². The number of nitrogens with zero attached hydrogens (tertiary/aromatic N) is 1. The average molecular weight is 392 g/mol. The van der Waals surface area contributed by atoms with Gasteiger partial charge in [0.05, 0.1) is 11.4 Å². The zero-order chi connectivity index (χ0) is 19.8. The Hall–Kier alpha value is -2.45. The van der Waals surface area contributed by atoms with E-state index in [4.69, 9.17) is 4.74 Å². The molecular weight excluding hydrogens is 371 g/mol. The quantitative estimate of drug-likeness (QED) is 0.849. The van der Waals surface area contributed by atoms with Crippen molar-refractivity contribution in [2.45, 2.75) is 31.8 Å². The lowest BCUT2D eigenvalue weighted by Crippen LogP contribution is -2.35. The van der Waals surface area contributed by atoms with Crippen LogP contribution in [0.3, 0.4) is 0 Å². The lowest BCUT2D eigenvalue weighted by Gasteiger charge is -2.15. The number of carbonyl (C=O) groups is 1. The monoisotopic (exact) mass is 392 g/mol. The molecule has 0 unspecified atom stereocenters. The normalized spacial score (nSPS) is 17.3. The van der Waals surface area contributed by atoms with Gasteiger partial charge in [-0.3, -0.25) is 4.90 Å². The summed E-state index contributed by atoms with van der Waals surface area (Å²) in [6.07, 6.45) is -1.23. The molecule has 0 saturated carbocycles. The Balaban J connectivity index is 1.70. The van der Waals surface area contributed by atoms with Crippen molar-refractivity contribution >= 4 is 21.8 Å². The lowest BCUT2D eigenvalue weighted by molar-refractivity contribution is 0.143. The summed E-state index contributed by atoms with van der Waals surface area (Å²) in [5.74, 6) is -0.403. The summed E-state index contributed by atoms with van der Waals surface area (Å²) in [6.45, 7) is 5.55. The molecule has 1 amide bonds. The molecule has 0 aromatic heterocycles. The number of ether oxygens (including phenoxy) is 1. The molecule has 144 valence electrons. The topological polar surface area (TPSA) is 75.7 Å². The van der Waals surface area contributed by atoms with Crippen molar-refractivity contribution < 1.29 is 22.3 Å². The molecule has 1 aliphatic rings. The summed E-state index contributed by atoms with van der Waals surface area (Å²) in [7, 11) is -3.74. The number of cyclic esters (lactones) is 1. The number of hydrogen-bond donors (Lipinski definition) is 1. The molecule has 1 N–H and O–H groups in total. The third kappa shape index (κ3) is 4.12. The minimum atomic E-state index is -3.74. The zero-order valence-corrected chi connectivity index (χ0v) is 16.1. The van der Waals surface area contributed by atoms with E-state index in [1.807, 2.05) is 19.1 Å². The van der Waals surface area contributed by atoms with Crippen LogP contribution in [0, 0.1) is 26.6 Å². The molecular formula is C19H21FN2O4S. The van der Waals surface area contributed by atoms with Gasteiger partial charge in [0.2, 0.25) is 10.0 Å². The van der Waals surface area contributed by atoms with Gasteiger partial charge in [-0.25, -0.2) is 22.3 Å². The Morgan fingerprint density at radius 3 is 2.33 bits per heavy atom. The number of amides is 1. The number of anilines is 1. The number of aryl methyl sites for hydroxylation is 3. The predicted molar refractivity (Wildman–Crippen MR) is 99.9 cm³/mol. The van der Waals surface area contributed by atoms with Crippen molar-refractivity contribution in [3.8, 4) is 0 Å². The van der Waals surface area contributed by atoms with Gasteiger partial charge in [-0.2, -0.15) is 0 Å². The van der Waals surface area contributed by atoms with Gasteiger partial charge in [-0.05, 0) is 56.2 Å². The third-order valence-corrected chi connectivity index (χ3v) is 6.11. The van der Waals surface area contributed by atoms with E-state index >= 15 is 0 Å². The fourth-order valence-electron chi connectivity index (χ4n) is 3.33. The van der Waals surface area contributed by atoms with Crippen LogP contribution < -0.4 is 9.62 Å². The van der Waals surface area contributed by atoms with Crippen LogP contribution in [0.1, 0.15) is 16.7 Å². The Morgan fingerprint density at radius 2 is 1.74 bits per heavy atom. The van der Waals surface area contributed by atoms with Crippen LogP contribution in [0.15, 0.2) is 41.3 Å². The molecule has 3 rings (SSSR count). The number of rotatable bonds is 5. The maximum absolute atomic E-state index is 13.0. The van der Waals surface area contributed by atoms with E-state index in [-0.39, 0.29) is 18.0 Å². The highest BCUT2D eigenvalue weighted by Crippen LogP contribution is 2.24. The van der Waals surface area contributed by atoms with E-state index in [1.165, 1.54) is 29.2 Å². The number of nitrogens with one attached hydrogen (secondary N) is 1. The first-order valence-electron chi connectivity index (χ1n) is 8.48. The van der Waals surface area contributed by atoms with Crippen molar-refractivity contribution in [1.82, 2.24) is 4.72 Å². The highest BCUT2D eigenvalue weighted by molar-refractivity contribution is 7.89. The number of hydrogen-bond acceptors (Lipinski definition) is 4. The summed E-state index contributed by atoms with van der Waals surface area (Å²) in [4.78, 5) is 13.6. The fraction of sp³-hybridized carbons (Fsp3) is 0.316. The number of sulfonamides is 1. The molecule has 2 aromatic rings. The zero-order valence-electron chi connectivity index (χ0n) is 15.3. The Labute approximate surface area is 158 Å². The molecule has 1 atom stereocenters. The van der Waals surface area contributed by atoms with E-state index in [2.05, 4.69) is 4.72 Å². The molecule has 1 fully saturated rings. The van der Waals surface area contributed by atoms with Crippen molar-refractivity contribution in [2.75, 3.05) is 18.0 Å². The second-order valence-electron chi connectivity index (χ2n) is 6.67. The smallest absolute Gasteiger partial charge is 0.414 e. The van der Waals surface area contributed by atoms with Crippen LogP contribution in [-0.2, 0) is 14.8 Å². The van der Waals surface area contributed by atoms with E-state index in [1.54, 1.807) is 13.8 Å². The highest BCUT2D eigenvalue weighted by atomic mass is 32.2. The second kappa shape index (κ2) is 7.28. The Bertz CT molecular complexity index is 951. The minimum absolute atomic E-state index is 0.0431. The van der Waals surface area contributed by atoms with Gasteiger partial charge in [0.25, 0.3) is 0 Å². The van der Waals surface area contributed by atoms with E-state index in [0.717, 1.165) is 5.56 Å². The molecule has 2 aromatic carbocycles. The number of carbonyl (C=O) groups excluding carboxylic acids is 1. The van der Waals surface area contributed by atoms with Crippen LogP contribution in [-0.4, -0.2) is 33.7 Å². The molecule has 0 bridgehead atoms. The van der Waals surface area contributed by atoms with Gasteiger partial charge in [-0.1, -0.05) is 17.7 Å². The van der Waals surface area contributed by atoms with Gasteiger partial charge in [0.1, 0.15) is 11.9 Å². The summed E-state index contributed by atoms with van der Waals surface area (Å²) in [6, 6.07) is 9.08. The van der Waals surface area contributed by atoms with Crippen molar-refractivity contribution in [3.05, 3.63) is 58.9 Å². The Morgan fingerprint density at radius 1 is 1.15 bits per heavy atom. The minimum Gasteiger partial charge on any atom is -0.443 e. The first kappa shape index (κ1) is 19.3. The third-order valence-electron chi connectivity index (χ3n) is 4.39. The molecule has 6 nitrogen and oxygen atoms in total. The first-order valence-corrected chi connectivity index (χ1v) is 9.97. The molecule has 0 radical (unpaired) electrons. The molecule has 1 saturated heterocycles. The molecule has 0 spiro atoms. The number of halogens is 1. The molecule has 1 heterocycles. The van der Waals surface area contributed by atoms with Crippen LogP contribution in [0.2, 0.25) is 0 Å². The average Bonchev–Trinajstić information content (AvgIpc) is 2.93. The largest absolute Gasteiger partial charge is 0.443 e.